The van der Waals surface area contributed by atoms with Crippen LogP contribution < -0.4 is 16.0 Å². The monoisotopic (exact) mass is 311 g/mol. The zero-order chi connectivity index (χ0) is 15.8. The van der Waals surface area contributed by atoms with Gasteiger partial charge in [0.25, 0.3) is 0 Å². The highest BCUT2D eigenvalue weighted by molar-refractivity contribution is 5.78. The standard InChI is InChI=1S/C16H29N3O3/c1-2-9-17-14(20)5-10-18-15(21)19-13-4-3-6-16(13)7-11-22-12-8-16/h13H,2-12H2,1H3,(H,17,20)(H2,18,19,21). The van der Waals surface area contributed by atoms with Crippen molar-refractivity contribution in [1.29, 1.82) is 0 Å². The minimum atomic E-state index is -0.152. The predicted molar refractivity (Wildman–Crippen MR) is 84.6 cm³/mol. The number of carbonyl (C=O) groups excluding carboxylic acids is 2. The third-order valence-corrected chi connectivity index (χ3v) is 4.91. The van der Waals surface area contributed by atoms with Crippen molar-refractivity contribution in [3.63, 3.8) is 0 Å². The lowest BCUT2D eigenvalue weighted by atomic mass is 9.75. The van der Waals surface area contributed by atoms with Crippen molar-refractivity contribution in [1.82, 2.24) is 16.0 Å². The summed E-state index contributed by atoms with van der Waals surface area (Å²) < 4.78 is 5.46. The highest BCUT2D eigenvalue weighted by Gasteiger charge is 2.44. The Morgan fingerprint density at radius 2 is 1.91 bits per heavy atom. The van der Waals surface area contributed by atoms with Crippen molar-refractivity contribution in [3.05, 3.63) is 0 Å². The van der Waals surface area contributed by atoms with Gasteiger partial charge in [0.15, 0.2) is 0 Å². The van der Waals surface area contributed by atoms with Crippen LogP contribution in [-0.4, -0.2) is 44.3 Å². The Morgan fingerprint density at radius 3 is 2.64 bits per heavy atom. The summed E-state index contributed by atoms with van der Waals surface area (Å²) in [6.45, 7) is 4.69. The number of carbonyl (C=O) groups is 2. The Balaban J connectivity index is 1.69. The fourth-order valence-electron chi connectivity index (χ4n) is 3.59. The highest BCUT2D eigenvalue weighted by atomic mass is 16.5. The number of hydrogen-bond acceptors (Lipinski definition) is 3. The van der Waals surface area contributed by atoms with Crippen molar-refractivity contribution >= 4 is 11.9 Å². The molecule has 0 bridgehead atoms. The van der Waals surface area contributed by atoms with Crippen LogP contribution in [0.2, 0.25) is 0 Å². The molecule has 2 aliphatic rings. The zero-order valence-electron chi connectivity index (χ0n) is 13.6. The SMILES string of the molecule is CCCNC(=O)CCNC(=O)NC1CCCC12CCOCC2. The predicted octanol–water partition coefficient (Wildman–Crippen LogP) is 1.55. The minimum absolute atomic E-state index is 0.0103. The van der Waals surface area contributed by atoms with Crippen LogP contribution in [0.3, 0.4) is 0 Å². The molecule has 0 aromatic heterocycles. The van der Waals surface area contributed by atoms with E-state index in [4.69, 9.17) is 4.74 Å². The molecule has 1 heterocycles. The van der Waals surface area contributed by atoms with Gasteiger partial charge in [0.2, 0.25) is 5.91 Å². The van der Waals surface area contributed by atoms with Gasteiger partial charge < -0.3 is 20.7 Å². The maximum atomic E-state index is 12.0. The van der Waals surface area contributed by atoms with Crippen molar-refractivity contribution in [2.24, 2.45) is 5.41 Å². The second kappa shape index (κ2) is 8.36. The molecule has 0 aromatic rings. The minimum Gasteiger partial charge on any atom is -0.381 e. The van der Waals surface area contributed by atoms with E-state index in [1.807, 2.05) is 6.92 Å². The van der Waals surface area contributed by atoms with E-state index in [0.717, 1.165) is 38.9 Å². The Hall–Kier alpha value is -1.30. The van der Waals surface area contributed by atoms with E-state index < -0.39 is 0 Å². The molecule has 2 rings (SSSR count). The summed E-state index contributed by atoms with van der Waals surface area (Å²) in [6, 6.07) is 0.0892. The molecule has 3 amide bonds. The second-order valence-corrected chi connectivity index (χ2v) is 6.42. The number of ether oxygens (including phenoxy) is 1. The lowest BCUT2D eigenvalue weighted by Gasteiger charge is -2.39. The molecule has 1 saturated heterocycles. The molecule has 3 N–H and O–H groups in total. The summed E-state index contributed by atoms with van der Waals surface area (Å²) in [5.74, 6) is -0.0103. The summed E-state index contributed by atoms with van der Waals surface area (Å²) in [5.41, 5.74) is 0.230. The van der Waals surface area contributed by atoms with E-state index in [-0.39, 0.29) is 23.4 Å². The van der Waals surface area contributed by atoms with Gasteiger partial charge in [0.05, 0.1) is 0 Å². The van der Waals surface area contributed by atoms with Crippen LogP contribution >= 0.6 is 0 Å². The van der Waals surface area contributed by atoms with Crippen LogP contribution in [-0.2, 0) is 9.53 Å². The van der Waals surface area contributed by atoms with Gasteiger partial charge >= 0.3 is 6.03 Å². The average molecular weight is 311 g/mol. The quantitative estimate of drug-likeness (QED) is 0.696. The summed E-state index contributed by atoms with van der Waals surface area (Å²) in [5, 5.41) is 8.72. The molecule has 1 aliphatic carbocycles. The first-order valence-corrected chi connectivity index (χ1v) is 8.55. The smallest absolute Gasteiger partial charge is 0.315 e. The largest absolute Gasteiger partial charge is 0.381 e. The van der Waals surface area contributed by atoms with Gasteiger partial charge in [-0.3, -0.25) is 4.79 Å². The molecule has 126 valence electrons. The summed E-state index contributed by atoms with van der Waals surface area (Å²) in [4.78, 5) is 23.5. The van der Waals surface area contributed by atoms with Gasteiger partial charge in [0.1, 0.15) is 0 Å². The molecule has 22 heavy (non-hydrogen) atoms. The molecule has 1 atom stereocenters. The Kier molecular flexibility index (Phi) is 6.49. The lowest BCUT2D eigenvalue weighted by molar-refractivity contribution is -0.120. The fraction of sp³-hybridized carbons (Fsp3) is 0.875. The van der Waals surface area contributed by atoms with E-state index in [2.05, 4.69) is 16.0 Å². The second-order valence-electron chi connectivity index (χ2n) is 6.42. The Bertz CT molecular complexity index is 381. The molecule has 1 saturated carbocycles. The van der Waals surface area contributed by atoms with Gasteiger partial charge in [-0.05, 0) is 37.5 Å². The molecular formula is C16H29N3O3. The van der Waals surface area contributed by atoms with E-state index in [9.17, 15) is 9.59 Å². The molecule has 2 fully saturated rings. The van der Waals surface area contributed by atoms with Crippen LogP contribution in [0.1, 0.15) is 51.9 Å². The number of amides is 3. The zero-order valence-corrected chi connectivity index (χ0v) is 13.6. The van der Waals surface area contributed by atoms with Crippen molar-refractivity contribution < 1.29 is 14.3 Å². The summed E-state index contributed by atoms with van der Waals surface area (Å²) in [6.07, 6.45) is 6.73. The Labute approximate surface area is 132 Å². The van der Waals surface area contributed by atoms with Crippen LogP contribution in [0.25, 0.3) is 0 Å². The van der Waals surface area contributed by atoms with Crippen LogP contribution in [0, 0.1) is 5.41 Å². The van der Waals surface area contributed by atoms with Crippen molar-refractivity contribution in [3.8, 4) is 0 Å². The molecule has 0 radical (unpaired) electrons. The maximum absolute atomic E-state index is 12.0. The third-order valence-electron chi connectivity index (χ3n) is 4.91. The average Bonchev–Trinajstić information content (AvgIpc) is 2.88. The number of urea groups is 1. The summed E-state index contributed by atoms with van der Waals surface area (Å²) >= 11 is 0. The van der Waals surface area contributed by atoms with Crippen LogP contribution in [0.15, 0.2) is 0 Å². The van der Waals surface area contributed by atoms with Crippen LogP contribution in [0.5, 0.6) is 0 Å². The van der Waals surface area contributed by atoms with Gasteiger partial charge in [-0.25, -0.2) is 4.79 Å². The molecule has 1 spiro atoms. The highest BCUT2D eigenvalue weighted by Crippen LogP contribution is 2.45. The topological polar surface area (TPSA) is 79.5 Å². The number of nitrogens with one attached hydrogen (secondary N) is 3. The molecule has 1 unspecified atom stereocenters. The first kappa shape index (κ1) is 17.1. The lowest BCUT2D eigenvalue weighted by Crippen LogP contribution is -2.50. The molecular weight excluding hydrogens is 282 g/mol. The van der Waals surface area contributed by atoms with E-state index in [1.165, 1.54) is 12.8 Å². The van der Waals surface area contributed by atoms with Crippen LogP contribution in [0.4, 0.5) is 4.79 Å². The third kappa shape index (κ3) is 4.60. The van der Waals surface area contributed by atoms with Crippen molar-refractivity contribution in [2.45, 2.75) is 57.9 Å². The van der Waals surface area contributed by atoms with Gasteiger partial charge in [-0.2, -0.15) is 0 Å². The van der Waals surface area contributed by atoms with Gasteiger partial charge in [-0.15, -0.1) is 0 Å². The Morgan fingerprint density at radius 1 is 1.14 bits per heavy atom. The first-order chi connectivity index (χ1) is 10.7. The van der Waals surface area contributed by atoms with E-state index in [0.29, 0.717) is 19.5 Å². The van der Waals surface area contributed by atoms with E-state index >= 15 is 0 Å². The van der Waals surface area contributed by atoms with Gasteiger partial charge in [0, 0.05) is 38.8 Å². The first-order valence-electron chi connectivity index (χ1n) is 8.55. The molecule has 6 nitrogen and oxygen atoms in total. The fourth-order valence-corrected chi connectivity index (χ4v) is 3.59. The van der Waals surface area contributed by atoms with E-state index in [1.54, 1.807) is 0 Å². The number of rotatable bonds is 6. The van der Waals surface area contributed by atoms with Crippen molar-refractivity contribution in [2.75, 3.05) is 26.3 Å². The number of hydrogen-bond donors (Lipinski definition) is 3. The normalized spacial score (nSPS) is 23.2. The summed E-state index contributed by atoms with van der Waals surface area (Å²) in [7, 11) is 0. The molecule has 0 aromatic carbocycles. The molecule has 6 heteroatoms. The molecule has 1 aliphatic heterocycles. The maximum Gasteiger partial charge on any atom is 0.315 e. The van der Waals surface area contributed by atoms with Gasteiger partial charge in [-0.1, -0.05) is 13.3 Å².